The van der Waals surface area contributed by atoms with E-state index in [1.807, 2.05) is 30.3 Å². The van der Waals surface area contributed by atoms with Crippen molar-refractivity contribution in [3.8, 4) is 0 Å². The zero-order valence-electron chi connectivity index (χ0n) is 18.7. The molecule has 33 heavy (non-hydrogen) atoms. The summed E-state index contributed by atoms with van der Waals surface area (Å²) in [6.45, 7) is 1.04. The van der Waals surface area contributed by atoms with Gasteiger partial charge in [0.15, 0.2) is 0 Å². The topological polar surface area (TPSA) is 77.9 Å². The molecule has 0 unspecified atom stereocenters. The Morgan fingerprint density at radius 2 is 1.73 bits per heavy atom. The Morgan fingerprint density at radius 1 is 1.09 bits per heavy atom. The van der Waals surface area contributed by atoms with Crippen molar-refractivity contribution in [3.63, 3.8) is 0 Å². The number of piperidine rings is 1. The first-order valence-corrected chi connectivity index (χ1v) is 11.8. The highest BCUT2D eigenvalue weighted by molar-refractivity contribution is 6.32. The lowest BCUT2D eigenvalue weighted by molar-refractivity contribution is -0.142. The van der Waals surface area contributed by atoms with E-state index in [4.69, 9.17) is 11.6 Å². The van der Waals surface area contributed by atoms with E-state index in [0.717, 1.165) is 10.5 Å². The number of aliphatic hydroxyl groups excluding tert-OH is 1. The predicted molar refractivity (Wildman–Crippen MR) is 126 cm³/mol. The Labute approximate surface area is 199 Å². The number of benzene rings is 2. The molecule has 1 N–H and O–H groups in total. The molecule has 0 bridgehead atoms. The van der Waals surface area contributed by atoms with Crippen LogP contribution in [0.3, 0.4) is 0 Å². The summed E-state index contributed by atoms with van der Waals surface area (Å²) >= 11 is 6.41. The minimum absolute atomic E-state index is 0.0654. The standard InChI is InChI=1S/C26H29ClN2O4/c1-28-23(31)16-26(25(28)33,20-9-5-6-10-21(20)27)17-24(32)29-13-11-19(12-14-29)22(30)15-18-7-3-2-4-8-18/h2-10,19,22,30H,11-17H2,1H3/t22-,26+/m0/s1. The summed E-state index contributed by atoms with van der Waals surface area (Å²) < 4.78 is 0. The number of likely N-dealkylation sites (tertiary alicyclic amines) is 2. The van der Waals surface area contributed by atoms with E-state index in [9.17, 15) is 19.5 Å². The normalized spacial score (nSPS) is 22.6. The van der Waals surface area contributed by atoms with Crippen molar-refractivity contribution in [1.82, 2.24) is 9.80 Å². The molecule has 6 nitrogen and oxygen atoms in total. The second kappa shape index (κ2) is 9.65. The number of rotatable bonds is 6. The van der Waals surface area contributed by atoms with Crippen molar-refractivity contribution in [1.29, 1.82) is 0 Å². The predicted octanol–water partition coefficient (Wildman–Crippen LogP) is 3.20. The maximum absolute atomic E-state index is 13.3. The van der Waals surface area contributed by atoms with Gasteiger partial charge >= 0.3 is 0 Å². The van der Waals surface area contributed by atoms with Gasteiger partial charge in [0.1, 0.15) is 0 Å². The smallest absolute Gasteiger partial charge is 0.240 e. The molecular weight excluding hydrogens is 440 g/mol. The number of halogens is 1. The van der Waals surface area contributed by atoms with Gasteiger partial charge in [0.25, 0.3) is 0 Å². The molecule has 0 spiro atoms. The molecule has 2 heterocycles. The fourth-order valence-corrected chi connectivity index (χ4v) is 5.42. The van der Waals surface area contributed by atoms with Crippen LogP contribution in [0.25, 0.3) is 0 Å². The number of hydrogen-bond donors (Lipinski definition) is 1. The SMILES string of the molecule is CN1C(=O)C[C@@](CC(=O)N2CCC([C@@H](O)Cc3ccccc3)CC2)(c2ccccc2Cl)C1=O. The highest BCUT2D eigenvalue weighted by atomic mass is 35.5. The number of likely N-dealkylation sites (N-methyl/N-ethyl adjacent to an activating group) is 1. The summed E-state index contributed by atoms with van der Waals surface area (Å²) in [5.74, 6) is -0.743. The minimum Gasteiger partial charge on any atom is -0.392 e. The lowest BCUT2D eigenvalue weighted by Crippen LogP contribution is -2.46. The summed E-state index contributed by atoms with van der Waals surface area (Å²) in [4.78, 5) is 41.7. The molecule has 2 aliphatic rings. The maximum atomic E-state index is 13.3. The molecule has 2 aliphatic heterocycles. The molecule has 0 aliphatic carbocycles. The third-order valence-electron chi connectivity index (χ3n) is 7.11. The van der Waals surface area contributed by atoms with Gasteiger partial charge in [0, 0.05) is 38.0 Å². The van der Waals surface area contributed by atoms with E-state index >= 15 is 0 Å². The van der Waals surface area contributed by atoms with Crippen LogP contribution in [0.2, 0.25) is 5.02 Å². The minimum atomic E-state index is -1.27. The van der Waals surface area contributed by atoms with Crippen LogP contribution in [-0.2, 0) is 26.2 Å². The first kappa shape index (κ1) is 23.5. The van der Waals surface area contributed by atoms with Crippen molar-refractivity contribution >= 4 is 29.3 Å². The molecule has 2 fully saturated rings. The molecule has 174 valence electrons. The van der Waals surface area contributed by atoms with Crippen LogP contribution in [0, 0.1) is 5.92 Å². The Kier molecular flexibility index (Phi) is 6.86. The molecule has 0 radical (unpaired) electrons. The molecule has 2 atom stereocenters. The average molecular weight is 469 g/mol. The van der Waals surface area contributed by atoms with E-state index in [0.29, 0.717) is 42.9 Å². The number of amides is 3. The lowest BCUT2D eigenvalue weighted by atomic mass is 9.75. The first-order valence-electron chi connectivity index (χ1n) is 11.4. The van der Waals surface area contributed by atoms with Crippen molar-refractivity contribution < 1.29 is 19.5 Å². The molecule has 4 rings (SSSR count). The van der Waals surface area contributed by atoms with E-state index in [-0.39, 0.29) is 36.5 Å². The second-order valence-corrected chi connectivity index (χ2v) is 9.56. The van der Waals surface area contributed by atoms with Crippen LogP contribution in [-0.4, -0.2) is 58.9 Å². The van der Waals surface area contributed by atoms with Crippen molar-refractivity contribution in [3.05, 3.63) is 70.7 Å². The van der Waals surface area contributed by atoms with Crippen LogP contribution in [0.1, 0.15) is 36.8 Å². The largest absolute Gasteiger partial charge is 0.392 e. The van der Waals surface area contributed by atoms with Crippen LogP contribution >= 0.6 is 11.6 Å². The van der Waals surface area contributed by atoms with Crippen molar-refractivity contribution in [2.75, 3.05) is 20.1 Å². The first-order chi connectivity index (χ1) is 15.8. The van der Waals surface area contributed by atoms with Gasteiger partial charge in [0.05, 0.1) is 11.5 Å². The summed E-state index contributed by atoms with van der Waals surface area (Å²) in [7, 11) is 1.45. The molecule has 3 amide bonds. The van der Waals surface area contributed by atoms with E-state index in [1.54, 1.807) is 29.2 Å². The molecule has 2 aromatic carbocycles. The molecule has 0 saturated carbocycles. The highest BCUT2D eigenvalue weighted by Gasteiger charge is 2.53. The van der Waals surface area contributed by atoms with Gasteiger partial charge in [-0.25, -0.2) is 0 Å². The van der Waals surface area contributed by atoms with Crippen molar-refractivity contribution in [2.24, 2.45) is 5.92 Å². The Morgan fingerprint density at radius 3 is 2.33 bits per heavy atom. The Hall–Kier alpha value is -2.70. The second-order valence-electron chi connectivity index (χ2n) is 9.15. The van der Waals surface area contributed by atoms with Crippen LogP contribution < -0.4 is 0 Å². The number of imide groups is 1. The van der Waals surface area contributed by atoms with Gasteiger partial charge < -0.3 is 10.0 Å². The average Bonchev–Trinajstić information content (AvgIpc) is 3.04. The summed E-state index contributed by atoms with van der Waals surface area (Å²) in [6, 6.07) is 16.8. The van der Waals surface area contributed by atoms with Crippen LogP contribution in [0.15, 0.2) is 54.6 Å². The number of hydrogen-bond acceptors (Lipinski definition) is 4. The van der Waals surface area contributed by atoms with Gasteiger partial charge in [-0.3, -0.25) is 19.3 Å². The monoisotopic (exact) mass is 468 g/mol. The van der Waals surface area contributed by atoms with E-state index in [1.165, 1.54) is 7.05 Å². The number of aliphatic hydroxyl groups is 1. The van der Waals surface area contributed by atoms with Gasteiger partial charge in [-0.2, -0.15) is 0 Å². The van der Waals surface area contributed by atoms with Gasteiger partial charge in [-0.1, -0.05) is 60.1 Å². The van der Waals surface area contributed by atoms with Crippen LogP contribution in [0.5, 0.6) is 0 Å². The Bertz CT molecular complexity index is 1040. The quantitative estimate of drug-likeness (QED) is 0.660. The molecule has 0 aromatic heterocycles. The summed E-state index contributed by atoms with van der Waals surface area (Å²) in [5, 5.41) is 11.1. The van der Waals surface area contributed by atoms with Crippen molar-refractivity contribution in [2.45, 2.75) is 43.6 Å². The third kappa shape index (κ3) is 4.68. The van der Waals surface area contributed by atoms with E-state index in [2.05, 4.69) is 0 Å². The van der Waals surface area contributed by atoms with Gasteiger partial charge in [-0.15, -0.1) is 0 Å². The zero-order chi connectivity index (χ0) is 23.6. The van der Waals surface area contributed by atoms with Gasteiger partial charge in [-0.05, 0) is 42.4 Å². The zero-order valence-corrected chi connectivity index (χ0v) is 19.5. The highest BCUT2D eigenvalue weighted by Crippen LogP contribution is 2.43. The summed E-state index contributed by atoms with van der Waals surface area (Å²) in [5.41, 5.74) is 0.347. The number of carbonyl (C=O) groups excluding carboxylic acids is 3. The van der Waals surface area contributed by atoms with Gasteiger partial charge in [0.2, 0.25) is 17.7 Å². The third-order valence-corrected chi connectivity index (χ3v) is 7.44. The Balaban J connectivity index is 1.44. The maximum Gasteiger partial charge on any atom is 0.240 e. The molecular formula is C26H29ClN2O4. The fourth-order valence-electron chi connectivity index (χ4n) is 5.11. The fraction of sp³-hybridized carbons (Fsp3) is 0.423. The summed E-state index contributed by atoms with van der Waals surface area (Å²) in [6.07, 6.45) is 1.38. The number of nitrogens with zero attached hydrogens (tertiary/aromatic N) is 2. The lowest BCUT2D eigenvalue weighted by Gasteiger charge is -2.36. The molecule has 2 aromatic rings. The molecule has 7 heteroatoms. The van der Waals surface area contributed by atoms with E-state index < -0.39 is 11.5 Å². The number of carbonyl (C=O) groups is 3. The molecule has 2 saturated heterocycles. The van der Waals surface area contributed by atoms with Crippen LogP contribution in [0.4, 0.5) is 0 Å².